The van der Waals surface area contributed by atoms with E-state index in [1.54, 1.807) is 12.1 Å². The second-order valence-electron chi connectivity index (χ2n) is 3.54. The van der Waals surface area contributed by atoms with Crippen LogP contribution in [-0.2, 0) is 0 Å². The number of nitrogens with two attached hydrogens (primary N) is 1. The van der Waals surface area contributed by atoms with Gasteiger partial charge in [-0.15, -0.1) is 0 Å². The van der Waals surface area contributed by atoms with E-state index in [0.717, 1.165) is 0 Å². The summed E-state index contributed by atoms with van der Waals surface area (Å²) in [4.78, 5) is 15.7. The molecule has 4 N–H and O–H groups in total. The smallest absolute Gasteiger partial charge is 0.257 e. The lowest BCUT2D eigenvalue weighted by molar-refractivity contribution is 0.102. The molecule has 0 fully saturated rings. The quantitative estimate of drug-likeness (QED) is 0.569. The zero-order valence-electron chi connectivity index (χ0n) is 9.35. The van der Waals surface area contributed by atoms with Crippen molar-refractivity contribution in [3.05, 3.63) is 54.0 Å². The summed E-state index contributed by atoms with van der Waals surface area (Å²) in [7, 11) is 0. The third kappa shape index (κ3) is 2.80. The maximum Gasteiger partial charge on any atom is 0.257 e. The van der Waals surface area contributed by atoms with Crippen LogP contribution in [0.4, 0.5) is 15.9 Å². The van der Waals surface area contributed by atoms with Crippen LogP contribution < -0.4 is 16.6 Å². The highest BCUT2D eigenvalue weighted by atomic mass is 19.1. The lowest BCUT2D eigenvalue weighted by Gasteiger charge is -2.05. The van der Waals surface area contributed by atoms with Gasteiger partial charge in [-0.25, -0.2) is 15.2 Å². The van der Waals surface area contributed by atoms with Crippen molar-refractivity contribution in [1.29, 1.82) is 0 Å². The number of nitrogens with zero attached hydrogens (tertiary/aromatic N) is 1. The number of amides is 1. The Morgan fingerprint density at radius 1 is 1.17 bits per heavy atom. The summed E-state index contributed by atoms with van der Waals surface area (Å²) in [6, 6.07) is 8.68. The average molecular weight is 246 g/mol. The fraction of sp³-hybridized carbons (Fsp3) is 0. The molecule has 0 bridgehead atoms. The van der Waals surface area contributed by atoms with Gasteiger partial charge in [0.05, 0.1) is 5.56 Å². The topological polar surface area (TPSA) is 80.0 Å². The lowest BCUT2D eigenvalue weighted by Crippen LogP contribution is -2.13. The van der Waals surface area contributed by atoms with Gasteiger partial charge in [0.15, 0.2) is 0 Å². The number of nitrogen functional groups attached to an aromatic ring is 1. The molecule has 1 heterocycles. The van der Waals surface area contributed by atoms with Crippen LogP contribution in [0.3, 0.4) is 0 Å². The summed E-state index contributed by atoms with van der Waals surface area (Å²) in [5, 5.41) is 2.63. The second kappa shape index (κ2) is 5.24. The molecule has 0 aliphatic heterocycles. The molecule has 1 amide bonds. The Hall–Kier alpha value is -2.47. The monoisotopic (exact) mass is 246 g/mol. The number of hydrazine groups is 1. The number of nitrogens with one attached hydrogen (secondary N) is 2. The van der Waals surface area contributed by atoms with E-state index in [9.17, 15) is 9.18 Å². The van der Waals surface area contributed by atoms with Gasteiger partial charge in [0.2, 0.25) is 0 Å². The third-order valence-electron chi connectivity index (χ3n) is 2.28. The summed E-state index contributed by atoms with van der Waals surface area (Å²) >= 11 is 0. The molecule has 6 heteroatoms. The van der Waals surface area contributed by atoms with Crippen molar-refractivity contribution >= 4 is 17.4 Å². The van der Waals surface area contributed by atoms with Crippen molar-refractivity contribution in [3.63, 3.8) is 0 Å². The second-order valence-corrected chi connectivity index (χ2v) is 3.54. The molecular formula is C12H11FN4O. The van der Waals surface area contributed by atoms with Crippen molar-refractivity contribution in [2.45, 2.75) is 0 Å². The van der Waals surface area contributed by atoms with Gasteiger partial charge in [0, 0.05) is 11.9 Å². The van der Waals surface area contributed by atoms with E-state index in [0.29, 0.717) is 17.1 Å². The van der Waals surface area contributed by atoms with Crippen molar-refractivity contribution in [2.75, 3.05) is 10.7 Å². The number of carbonyl (C=O) groups excluding carboxylic acids is 1. The predicted molar refractivity (Wildman–Crippen MR) is 66.4 cm³/mol. The fourth-order valence-electron chi connectivity index (χ4n) is 1.35. The number of rotatable bonds is 3. The summed E-state index contributed by atoms with van der Waals surface area (Å²) in [5.74, 6) is 4.96. The van der Waals surface area contributed by atoms with E-state index in [2.05, 4.69) is 15.7 Å². The molecule has 2 aromatic rings. The van der Waals surface area contributed by atoms with Gasteiger partial charge in [-0.3, -0.25) is 4.79 Å². The SMILES string of the molecule is NNc1ccc(C(=O)Nc2ccc(F)cc2)cn1. The number of hydrogen-bond acceptors (Lipinski definition) is 4. The predicted octanol–water partition coefficient (Wildman–Crippen LogP) is 1.76. The van der Waals surface area contributed by atoms with E-state index < -0.39 is 0 Å². The molecular weight excluding hydrogens is 235 g/mol. The largest absolute Gasteiger partial charge is 0.322 e. The van der Waals surface area contributed by atoms with Crippen LogP contribution >= 0.6 is 0 Å². The Kier molecular flexibility index (Phi) is 3.49. The highest BCUT2D eigenvalue weighted by molar-refractivity contribution is 6.04. The van der Waals surface area contributed by atoms with Crippen molar-refractivity contribution in [3.8, 4) is 0 Å². The van der Waals surface area contributed by atoms with E-state index >= 15 is 0 Å². The Morgan fingerprint density at radius 3 is 2.44 bits per heavy atom. The van der Waals surface area contributed by atoms with Crippen LogP contribution in [0.15, 0.2) is 42.6 Å². The molecule has 0 saturated heterocycles. The summed E-state index contributed by atoms with van der Waals surface area (Å²) in [6.07, 6.45) is 1.40. The van der Waals surface area contributed by atoms with Gasteiger partial charge in [0.25, 0.3) is 5.91 Å². The number of hydrogen-bond donors (Lipinski definition) is 3. The average Bonchev–Trinajstić information content (AvgIpc) is 2.41. The number of halogens is 1. The first-order chi connectivity index (χ1) is 8.69. The van der Waals surface area contributed by atoms with E-state index in [4.69, 9.17) is 5.84 Å². The van der Waals surface area contributed by atoms with Gasteiger partial charge >= 0.3 is 0 Å². The van der Waals surface area contributed by atoms with Crippen LogP contribution in [0, 0.1) is 5.82 Å². The first-order valence-corrected chi connectivity index (χ1v) is 5.18. The van der Waals surface area contributed by atoms with Crippen LogP contribution in [-0.4, -0.2) is 10.9 Å². The van der Waals surface area contributed by atoms with E-state index in [1.807, 2.05) is 0 Å². The summed E-state index contributed by atoms with van der Waals surface area (Å²) in [6.45, 7) is 0. The molecule has 0 saturated carbocycles. The molecule has 0 atom stereocenters. The number of benzene rings is 1. The third-order valence-corrected chi connectivity index (χ3v) is 2.28. The Morgan fingerprint density at radius 2 is 1.89 bits per heavy atom. The number of anilines is 2. The molecule has 2 rings (SSSR count). The molecule has 0 unspecified atom stereocenters. The van der Waals surface area contributed by atoms with Crippen LogP contribution in [0.5, 0.6) is 0 Å². The van der Waals surface area contributed by atoms with Gasteiger partial charge in [-0.1, -0.05) is 0 Å². The highest BCUT2D eigenvalue weighted by Gasteiger charge is 2.06. The minimum atomic E-state index is -0.354. The minimum Gasteiger partial charge on any atom is -0.322 e. The summed E-state index contributed by atoms with van der Waals surface area (Å²) in [5.41, 5.74) is 3.27. The Bertz CT molecular complexity index is 539. The molecule has 0 spiro atoms. The van der Waals surface area contributed by atoms with Crippen molar-refractivity contribution in [1.82, 2.24) is 4.98 Å². The Balaban J connectivity index is 2.09. The van der Waals surface area contributed by atoms with E-state index in [-0.39, 0.29) is 11.7 Å². The maximum absolute atomic E-state index is 12.7. The van der Waals surface area contributed by atoms with Crippen molar-refractivity contribution < 1.29 is 9.18 Å². The normalized spacial score (nSPS) is 9.89. The fourth-order valence-corrected chi connectivity index (χ4v) is 1.35. The molecule has 1 aromatic carbocycles. The molecule has 18 heavy (non-hydrogen) atoms. The van der Waals surface area contributed by atoms with E-state index in [1.165, 1.54) is 30.5 Å². The van der Waals surface area contributed by atoms with Crippen LogP contribution in [0.1, 0.15) is 10.4 Å². The lowest BCUT2D eigenvalue weighted by atomic mass is 10.2. The zero-order chi connectivity index (χ0) is 13.0. The molecule has 5 nitrogen and oxygen atoms in total. The number of carbonyl (C=O) groups is 1. The zero-order valence-corrected chi connectivity index (χ0v) is 9.35. The standard InChI is InChI=1S/C12H11FN4O/c13-9-2-4-10(5-3-9)16-12(18)8-1-6-11(17-14)15-7-8/h1-7H,14H2,(H,15,17)(H,16,18). The maximum atomic E-state index is 12.7. The minimum absolute atomic E-state index is 0.322. The summed E-state index contributed by atoms with van der Waals surface area (Å²) < 4.78 is 12.7. The molecule has 92 valence electrons. The van der Waals surface area contributed by atoms with Gasteiger partial charge in [-0.05, 0) is 36.4 Å². The van der Waals surface area contributed by atoms with Gasteiger partial charge < -0.3 is 10.7 Å². The first kappa shape index (κ1) is 12.0. The Labute approximate surface area is 103 Å². The highest BCUT2D eigenvalue weighted by Crippen LogP contribution is 2.11. The van der Waals surface area contributed by atoms with Crippen LogP contribution in [0.25, 0.3) is 0 Å². The first-order valence-electron chi connectivity index (χ1n) is 5.18. The van der Waals surface area contributed by atoms with Crippen molar-refractivity contribution in [2.24, 2.45) is 5.84 Å². The molecule has 0 aliphatic carbocycles. The number of pyridine rings is 1. The molecule has 0 aliphatic rings. The molecule has 0 radical (unpaired) electrons. The molecule has 1 aromatic heterocycles. The van der Waals surface area contributed by atoms with Gasteiger partial charge in [-0.2, -0.15) is 0 Å². The van der Waals surface area contributed by atoms with Gasteiger partial charge in [0.1, 0.15) is 11.6 Å². The van der Waals surface area contributed by atoms with Crippen LogP contribution in [0.2, 0.25) is 0 Å². The number of aromatic nitrogens is 1.